The molecule has 2 rings (SSSR count). The summed E-state index contributed by atoms with van der Waals surface area (Å²) in [6, 6.07) is 12.3. The van der Waals surface area contributed by atoms with Gasteiger partial charge in [-0.1, -0.05) is 6.07 Å². The molecule has 7 heteroatoms. The molecular weight excluding hydrogens is 312 g/mol. The number of aromatic nitrogens is 1. The van der Waals surface area contributed by atoms with Crippen molar-refractivity contribution < 1.29 is 9.00 Å². The van der Waals surface area contributed by atoms with Gasteiger partial charge in [0.25, 0.3) is 0 Å². The number of anilines is 2. The van der Waals surface area contributed by atoms with Crippen LogP contribution in [0, 0.1) is 0 Å². The molecule has 2 amide bonds. The molecule has 0 saturated carbocycles. The molecule has 1 unspecified atom stereocenters. The Morgan fingerprint density at radius 2 is 1.87 bits per heavy atom. The molecule has 0 aliphatic rings. The lowest BCUT2D eigenvalue weighted by Crippen LogP contribution is -2.28. The van der Waals surface area contributed by atoms with Crippen LogP contribution in [0.3, 0.4) is 0 Å². The number of rotatable bonds is 5. The minimum absolute atomic E-state index is 0.313. The van der Waals surface area contributed by atoms with E-state index in [-0.39, 0.29) is 6.03 Å². The van der Waals surface area contributed by atoms with Gasteiger partial charge in [0, 0.05) is 41.7 Å². The van der Waals surface area contributed by atoms with Crippen molar-refractivity contribution in [1.82, 2.24) is 10.3 Å². The van der Waals surface area contributed by atoms with Crippen LogP contribution in [-0.4, -0.2) is 35.6 Å². The van der Waals surface area contributed by atoms with Crippen molar-refractivity contribution in [3.05, 3.63) is 48.2 Å². The van der Waals surface area contributed by atoms with Crippen molar-refractivity contribution in [2.45, 2.75) is 11.4 Å². The summed E-state index contributed by atoms with van der Waals surface area (Å²) in [6.45, 7) is 0.338. The van der Waals surface area contributed by atoms with E-state index in [0.29, 0.717) is 12.2 Å². The van der Waals surface area contributed by atoms with Gasteiger partial charge in [0.15, 0.2) is 0 Å². The largest absolute Gasteiger partial charge is 0.363 e. The monoisotopic (exact) mass is 332 g/mol. The first-order chi connectivity index (χ1) is 11.0. The SMILES string of the molecule is CN(C)c1cccc(CNC(=O)Nc2ccc(S(C)=O)cc2)n1. The standard InChI is InChI=1S/C16H20N4O2S/c1-20(2)15-6-4-5-13(18-15)11-17-16(21)19-12-7-9-14(10-8-12)23(3)22/h4-10H,11H2,1-3H3,(H2,17,19,21). The average Bonchev–Trinajstić information content (AvgIpc) is 2.53. The number of carbonyl (C=O) groups excluding carboxylic acids is 1. The zero-order valence-electron chi connectivity index (χ0n) is 13.4. The Kier molecular flexibility index (Phi) is 5.70. The average molecular weight is 332 g/mol. The molecule has 0 bridgehead atoms. The van der Waals surface area contributed by atoms with E-state index in [4.69, 9.17) is 0 Å². The van der Waals surface area contributed by atoms with Crippen LogP contribution in [0.1, 0.15) is 5.69 Å². The van der Waals surface area contributed by atoms with Crippen LogP contribution in [0.5, 0.6) is 0 Å². The number of amides is 2. The fourth-order valence-corrected chi connectivity index (χ4v) is 2.41. The molecule has 122 valence electrons. The zero-order chi connectivity index (χ0) is 16.8. The number of urea groups is 1. The predicted molar refractivity (Wildman–Crippen MR) is 93.2 cm³/mol. The van der Waals surface area contributed by atoms with Gasteiger partial charge in [-0.05, 0) is 36.4 Å². The van der Waals surface area contributed by atoms with Gasteiger partial charge in [0.2, 0.25) is 0 Å². The summed E-state index contributed by atoms with van der Waals surface area (Å²) in [4.78, 5) is 19.0. The maximum Gasteiger partial charge on any atom is 0.319 e. The smallest absolute Gasteiger partial charge is 0.319 e. The molecule has 1 aromatic heterocycles. The minimum Gasteiger partial charge on any atom is -0.363 e. The molecule has 23 heavy (non-hydrogen) atoms. The van der Waals surface area contributed by atoms with Crippen molar-refractivity contribution in [2.24, 2.45) is 0 Å². The molecule has 1 atom stereocenters. The fourth-order valence-electron chi connectivity index (χ4n) is 1.89. The van der Waals surface area contributed by atoms with Crippen molar-refractivity contribution in [3.63, 3.8) is 0 Å². The summed E-state index contributed by atoms with van der Waals surface area (Å²) in [5.74, 6) is 0.841. The van der Waals surface area contributed by atoms with E-state index in [1.807, 2.05) is 37.2 Å². The number of pyridine rings is 1. The first-order valence-corrected chi connectivity index (χ1v) is 8.63. The Hall–Kier alpha value is -2.41. The third-order valence-corrected chi connectivity index (χ3v) is 4.06. The van der Waals surface area contributed by atoms with Crippen molar-refractivity contribution in [1.29, 1.82) is 0 Å². The topological polar surface area (TPSA) is 74.3 Å². The van der Waals surface area contributed by atoms with Gasteiger partial charge in [-0.25, -0.2) is 9.78 Å². The highest BCUT2D eigenvalue weighted by molar-refractivity contribution is 7.84. The molecule has 0 saturated heterocycles. The molecule has 0 spiro atoms. The third-order valence-electron chi connectivity index (χ3n) is 3.12. The predicted octanol–water partition coefficient (Wildman–Crippen LogP) is 2.21. The van der Waals surface area contributed by atoms with Crippen molar-refractivity contribution >= 4 is 28.3 Å². The second kappa shape index (κ2) is 7.73. The van der Waals surface area contributed by atoms with Crippen LogP contribution in [0.15, 0.2) is 47.4 Å². The molecule has 0 fully saturated rings. The first-order valence-electron chi connectivity index (χ1n) is 7.07. The summed E-state index contributed by atoms with van der Waals surface area (Å²) in [6.07, 6.45) is 1.62. The molecule has 1 heterocycles. The zero-order valence-corrected chi connectivity index (χ0v) is 14.2. The Bertz CT molecular complexity index is 701. The first kappa shape index (κ1) is 17.0. The van der Waals surface area contributed by atoms with Crippen LogP contribution >= 0.6 is 0 Å². The molecule has 2 aromatic rings. The second-order valence-corrected chi connectivity index (χ2v) is 6.55. The lowest BCUT2D eigenvalue weighted by molar-refractivity contribution is 0.251. The summed E-state index contributed by atoms with van der Waals surface area (Å²) < 4.78 is 11.3. The Balaban J connectivity index is 1.90. The van der Waals surface area contributed by atoms with E-state index < -0.39 is 10.8 Å². The van der Waals surface area contributed by atoms with E-state index in [1.54, 1.807) is 30.5 Å². The van der Waals surface area contributed by atoms with Crippen molar-refractivity contribution in [3.8, 4) is 0 Å². The second-order valence-electron chi connectivity index (χ2n) is 5.17. The van der Waals surface area contributed by atoms with Crippen LogP contribution in [0.2, 0.25) is 0 Å². The summed E-state index contributed by atoms with van der Waals surface area (Å²) in [5.41, 5.74) is 1.43. The number of nitrogens with zero attached hydrogens (tertiary/aromatic N) is 2. The Morgan fingerprint density at radius 3 is 2.48 bits per heavy atom. The van der Waals surface area contributed by atoms with E-state index >= 15 is 0 Å². The highest BCUT2D eigenvalue weighted by Crippen LogP contribution is 2.12. The lowest BCUT2D eigenvalue weighted by atomic mass is 10.3. The van der Waals surface area contributed by atoms with Gasteiger partial charge >= 0.3 is 6.03 Å². The summed E-state index contributed by atoms with van der Waals surface area (Å²) in [7, 11) is 2.81. The van der Waals surface area contributed by atoms with E-state index in [1.165, 1.54) is 0 Å². The number of hydrogen-bond donors (Lipinski definition) is 2. The molecule has 1 aromatic carbocycles. The van der Waals surface area contributed by atoms with Gasteiger partial charge in [-0.2, -0.15) is 0 Å². The molecule has 6 nitrogen and oxygen atoms in total. The number of benzene rings is 1. The van der Waals surface area contributed by atoms with E-state index in [0.717, 1.165) is 16.4 Å². The van der Waals surface area contributed by atoms with E-state index in [2.05, 4.69) is 15.6 Å². The molecular formula is C16H20N4O2S. The minimum atomic E-state index is -1.03. The lowest BCUT2D eigenvalue weighted by Gasteiger charge is -2.13. The Morgan fingerprint density at radius 1 is 1.17 bits per heavy atom. The van der Waals surface area contributed by atoms with Gasteiger partial charge in [0.1, 0.15) is 5.82 Å². The van der Waals surface area contributed by atoms with Crippen LogP contribution in [-0.2, 0) is 17.3 Å². The maximum atomic E-state index is 11.9. The fraction of sp³-hybridized carbons (Fsp3) is 0.250. The molecule has 2 N–H and O–H groups in total. The normalized spacial score (nSPS) is 11.6. The van der Waals surface area contributed by atoms with Crippen LogP contribution in [0.4, 0.5) is 16.3 Å². The molecule has 0 radical (unpaired) electrons. The highest BCUT2D eigenvalue weighted by atomic mass is 32.2. The van der Waals surface area contributed by atoms with Crippen molar-refractivity contribution in [2.75, 3.05) is 30.6 Å². The number of nitrogens with one attached hydrogen (secondary N) is 2. The quantitative estimate of drug-likeness (QED) is 0.880. The van der Waals surface area contributed by atoms with Gasteiger partial charge in [-0.3, -0.25) is 4.21 Å². The third kappa shape index (κ3) is 5.07. The van der Waals surface area contributed by atoms with Crippen LogP contribution in [0.25, 0.3) is 0 Å². The van der Waals surface area contributed by atoms with Gasteiger partial charge in [0.05, 0.1) is 12.2 Å². The van der Waals surface area contributed by atoms with Crippen LogP contribution < -0.4 is 15.5 Å². The van der Waals surface area contributed by atoms with Gasteiger partial charge < -0.3 is 15.5 Å². The number of carbonyl (C=O) groups is 1. The Labute approximate surface area is 138 Å². The molecule has 0 aliphatic carbocycles. The van der Waals surface area contributed by atoms with Gasteiger partial charge in [-0.15, -0.1) is 0 Å². The molecule has 0 aliphatic heterocycles. The number of hydrogen-bond acceptors (Lipinski definition) is 4. The highest BCUT2D eigenvalue weighted by Gasteiger charge is 2.04. The van der Waals surface area contributed by atoms with E-state index in [9.17, 15) is 9.00 Å². The summed E-state index contributed by atoms with van der Waals surface area (Å²) in [5, 5.41) is 5.49. The maximum absolute atomic E-state index is 11.9. The summed E-state index contributed by atoms with van der Waals surface area (Å²) >= 11 is 0.